The molecule has 0 fully saturated rings. The molecule has 0 amide bonds. The van der Waals surface area contributed by atoms with E-state index in [1.54, 1.807) is 24.3 Å². The van der Waals surface area contributed by atoms with Crippen molar-refractivity contribution in [3.63, 3.8) is 0 Å². The van der Waals surface area contributed by atoms with Crippen LogP contribution in [0.5, 0.6) is 0 Å². The summed E-state index contributed by atoms with van der Waals surface area (Å²) in [5.41, 5.74) is 2.93. The Bertz CT molecular complexity index is 1290. The molecular formula is C23H16ClN3O3. The number of carbonyl (C=O) groups excluding carboxylic acids is 1. The van der Waals surface area contributed by atoms with Gasteiger partial charge in [0.05, 0.1) is 22.5 Å². The van der Waals surface area contributed by atoms with E-state index in [2.05, 4.69) is 4.98 Å². The number of non-ortho nitro benzene ring substituents is 1. The zero-order valence-corrected chi connectivity index (χ0v) is 16.5. The Hall–Kier alpha value is -3.77. The summed E-state index contributed by atoms with van der Waals surface area (Å²) in [4.78, 5) is 28.0. The zero-order valence-electron chi connectivity index (χ0n) is 15.7. The minimum absolute atomic E-state index is 0.0319. The number of benzene rings is 3. The Labute approximate surface area is 177 Å². The largest absolute Gasteiger partial charge is 0.317 e. The molecule has 0 saturated carbocycles. The maximum absolute atomic E-state index is 13.0. The number of nitro benzene ring substituents is 1. The maximum Gasteiger partial charge on any atom is 0.270 e. The van der Waals surface area contributed by atoms with Crippen molar-refractivity contribution in [1.29, 1.82) is 0 Å². The van der Waals surface area contributed by atoms with Crippen LogP contribution in [0.3, 0.4) is 0 Å². The minimum atomic E-state index is -0.470. The molecule has 0 bridgehead atoms. The molecular weight excluding hydrogens is 402 g/mol. The summed E-state index contributed by atoms with van der Waals surface area (Å²) in [6, 6.07) is 21.1. The molecule has 4 aromatic rings. The number of allylic oxidation sites excluding steroid dienone is 1. The van der Waals surface area contributed by atoms with Gasteiger partial charge in [-0.2, -0.15) is 0 Å². The highest BCUT2D eigenvalue weighted by Gasteiger charge is 2.16. The quantitative estimate of drug-likeness (QED) is 0.178. The first-order valence-electron chi connectivity index (χ1n) is 9.18. The van der Waals surface area contributed by atoms with Crippen molar-refractivity contribution in [3.05, 3.63) is 111 Å². The van der Waals surface area contributed by atoms with Crippen LogP contribution < -0.4 is 0 Å². The highest BCUT2D eigenvalue weighted by molar-refractivity contribution is 6.31. The normalized spacial score (nSPS) is 11.2. The summed E-state index contributed by atoms with van der Waals surface area (Å²) in [5, 5.41) is 11.6. The first-order chi connectivity index (χ1) is 14.5. The summed E-state index contributed by atoms with van der Waals surface area (Å²) in [6.45, 7) is 0.395. The summed E-state index contributed by atoms with van der Waals surface area (Å²) < 4.78 is 1.83. The van der Waals surface area contributed by atoms with Crippen molar-refractivity contribution in [2.45, 2.75) is 6.54 Å². The second-order valence-electron chi connectivity index (χ2n) is 6.65. The van der Waals surface area contributed by atoms with Gasteiger partial charge in [-0.1, -0.05) is 60.1 Å². The molecule has 1 heterocycles. The van der Waals surface area contributed by atoms with E-state index in [9.17, 15) is 14.9 Å². The Kier molecular flexibility index (Phi) is 5.41. The van der Waals surface area contributed by atoms with Gasteiger partial charge in [-0.15, -0.1) is 0 Å². The molecule has 0 unspecified atom stereocenters. The van der Waals surface area contributed by atoms with E-state index in [-0.39, 0.29) is 17.3 Å². The van der Waals surface area contributed by atoms with E-state index in [1.165, 1.54) is 18.2 Å². The van der Waals surface area contributed by atoms with Gasteiger partial charge in [0, 0.05) is 17.2 Å². The number of fused-ring (bicyclic) bond motifs is 1. The molecule has 3 aromatic carbocycles. The van der Waals surface area contributed by atoms with Crippen molar-refractivity contribution in [3.8, 4) is 0 Å². The first-order valence-corrected chi connectivity index (χ1v) is 9.56. The number of nitrogens with zero attached hydrogens (tertiary/aromatic N) is 3. The average Bonchev–Trinajstić information content (AvgIpc) is 3.12. The third kappa shape index (κ3) is 3.99. The molecule has 0 spiro atoms. The molecule has 1 aromatic heterocycles. The lowest BCUT2D eigenvalue weighted by molar-refractivity contribution is -0.384. The molecule has 0 aliphatic heterocycles. The van der Waals surface area contributed by atoms with Crippen LogP contribution >= 0.6 is 11.6 Å². The number of hydrogen-bond donors (Lipinski definition) is 0. The lowest BCUT2D eigenvalue weighted by Crippen LogP contribution is -2.10. The molecule has 6 nitrogen and oxygen atoms in total. The lowest BCUT2D eigenvalue weighted by atomic mass is 10.1. The van der Waals surface area contributed by atoms with E-state index in [0.29, 0.717) is 22.6 Å². The minimum Gasteiger partial charge on any atom is -0.317 e. The third-order valence-electron chi connectivity index (χ3n) is 4.67. The first kappa shape index (κ1) is 19.5. The van der Waals surface area contributed by atoms with E-state index in [1.807, 2.05) is 47.0 Å². The van der Waals surface area contributed by atoms with Crippen LogP contribution in [0.4, 0.5) is 5.69 Å². The number of aromatic nitrogens is 2. The van der Waals surface area contributed by atoms with Crippen LogP contribution in [-0.4, -0.2) is 20.3 Å². The summed E-state index contributed by atoms with van der Waals surface area (Å²) >= 11 is 6.32. The zero-order chi connectivity index (χ0) is 21.1. The predicted octanol–water partition coefficient (Wildman–Crippen LogP) is 5.54. The number of nitro groups is 1. The van der Waals surface area contributed by atoms with Gasteiger partial charge < -0.3 is 4.57 Å². The van der Waals surface area contributed by atoms with Crippen molar-refractivity contribution < 1.29 is 9.72 Å². The van der Waals surface area contributed by atoms with Crippen LogP contribution in [0.2, 0.25) is 5.02 Å². The SMILES string of the molecule is O=C(/C=C/c1cccc([N+](=O)[O-])c1)c1nc2ccccc2n1Cc1ccccc1Cl. The number of rotatable bonds is 6. The third-order valence-corrected chi connectivity index (χ3v) is 5.04. The van der Waals surface area contributed by atoms with Gasteiger partial charge >= 0.3 is 0 Å². The van der Waals surface area contributed by atoms with Gasteiger partial charge in [-0.3, -0.25) is 14.9 Å². The van der Waals surface area contributed by atoms with Crippen molar-refractivity contribution in [1.82, 2.24) is 9.55 Å². The molecule has 0 radical (unpaired) electrons. The standard InChI is InChI=1S/C23H16ClN3O3/c24-19-9-2-1-7-17(19)15-26-21-11-4-3-10-20(21)25-23(26)22(28)13-12-16-6-5-8-18(14-16)27(29)30/h1-14H,15H2/b13-12+. The Morgan fingerprint density at radius 3 is 2.63 bits per heavy atom. The highest BCUT2D eigenvalue weighted by atomic mass is 35.5. The van der Waals surface area contributed by atoms with Crippen LogP contribution in [-0.2, 0) is 6.54 Å². The predicted molar refractivity (Wildman–Crippen MR) is 117 cm³/mol. The van der Waals surface area contributed by atoms with Gasteiger partial charge in [0.1, 0.15) is 0 Å². The summed E-state index contributed by atoms with van der Waals surface area (Å²) in [5.74, 6) is -0.0254. The Morgan fingerprint density at radius 2 is 1.83 bits per heavy atom. The Balaban J connectivity index is 1.71. The Morgan fingerprint density at radius 1 is 1.07 bits per heavy atom. The molecule has 0 N–H and O–H groups in total. The number of ketones is 1. The summed E-state index contributed by atoms with van der Waals surface area (Å²) in [7, 11) is 0. The summed E-state index contributed by atoms with van der Waals surface area (Å²) in [6.07, 6.45) is 2.93. The number of carbonyl (C=O) groups is 1. The van der Waals surface area contributed by atoms with Gasteiger partial charge in [-0.25, -0.2) is 4.98 Å². The van der Waals surface area contributed by atoms with E-state index in [4.69, 9.17) is 11.6 Å². The van der Waals surface area contributed by atoms with E-state index in [0.717, 1.165) is 11.1 Å². The monoisotopic (exact) mass is 417 g/mol. The number of imidazole rings is 1. The van der Waals surface area contributed by atoms with Crippen LogP contribution in [0, 0.1) is 10.1 Å². The smallest absolute Gasteiger partial charge is 0.270 e. The highest BCUT2D eigenvalue weighted by Crippen LogP contribution is 2.22. The fourth-order valence-electron chi connectivity index (χ4n) is 3.21. The molecule has 0 aliphatic carbocycles. The van der Waals surface area contributed by atoms with Crippen molar-refractivity contribution in [2.75, 3.05) is 0 Å². The van der Waals surface area contributed by atoms with Gasteiger partial charge in [0.25, 0.3) is 5.69 Å². The van der Waals surface area contributed by atoms with Gasteiger partial charge in [-0.05, 0) is 35.4 Å². The van der Waals surface area contributed by atoms with Gasteiger partial charge in [0.15, 0.2) is 5.82 Å². The fraction of sp³-hybridized carbons (Fsp3) is 0.0435. The van der Waals surface area contributed by atoms with E-state index >= 15 is 0 Å². The van der Waals surface area contributed by atoms with Gasteiger partial charge in [0.2, 0.25) is 5.78 Å². The fourth-order valence-corrected chi connectivity index (χ4v) is 3.40. The lowest BCUT2D eigenvalue weighted by Gasteiger charge is -2.09. The second-order valence-corrected chi connectivity index (χ2v) is 7.06. The molecule has 0 atom stereocenters. The number of halogens is 1. The average molecular weight is 418 g/mol. The molecule has 30 heavy (non-hydrogen) atoms. The van der Waals surface area contributed by atoms with Crippen molar-refractivity contribution >= 4 is 40.2 Å². The maximum atomic E-state index is 13.0. The number of hydrogen-bond acceptors (Lipinski definition) is 4. The van der Waals surface area contributed by atoms with E-state index < -0.39 is 4.92 Å². The van der Waals surface area contributed by atoms with Crippen molar-refractivity contribution in [2.24, 2.45) is 0 Å². The molecule has 0 aliphatic rings. The molecule has 148 valence electrons. The second kappa shape index (κ2) is 8.31. The van der Waals surface area contributed by atoms with Crippen LogP contribution in [0.15, 0.2) is 78.9 Å². The van der Waals surface area contributed by atoms with Crippen LogP contribution in [0.25, 0.3) is 17.1 Å². The van der Waals surface area contributed by atoms with Crippen LogP contribution in [0.1, 0.15) is 21.7 Å². The molecule has 4 rings (SSSR count). The number of para-hydroxylation sites is 2. The molecule has 7 heteroatoms. The molecule has 0 saturated heterocycles. The topological polar surface area (TPSA) is 78.0 Å².